The maximum atomic E-state index is 15.0. The Morgan fingerprint density at radius 2 is 2.16 bits per heavy atom. The second-order valence-electron chi connectivity index (χ2n) is 6.77. The molecule has 0 saturated heterocycles. The lowest BCUT2D eigenvalue weighted by Gasteiger charge is -2.30. The fourth-order valence-electron chi connectivity index (χ4n) is 3.63. The van der Waals surface area contributed by atoms with Gasteiger partial charge in [0.05, 0.1) is 16.1 Å². The maximum absolute atomic E-state index is 15.0. The van der Waals surface area contributed by atoms with Crippen LogP contribution in [0.15, 0.2) is 12.1 Å². The van der Waals surface area contributed by atoms with Gasteiger partial charge in [-0.3, -0.25) is 4.79 Å². The van der Waals surface area contributed by atoms with Gasteiger partial charge in [-0.2, -0.15) is 0 Å². The first-order chi connectivity index (χ1) is 12.0. The maximum Gasteiger partial charge on any atom is 0.254 e. The van der Waals surface area contributed by atoms with Crippen LogP contribution < -0.4 is 16.4 Å². The van der Waals surface area contributed by atoms with E-state index in [-0.39, 0.29) is 30.4 Å². The minimum atomic E-state index is -0.442. The number of halogens is 1. The Morgan fingerprint density at radius 3 is 2.88 bits per heavy atom. The van der Waals surface area contributed by atoms with Crippen molar-refractivity contribution in [1.29, 1.82) is 0 Å². The molecule has 2 aliphatic rings. The molecule has 0 spiro atoms. The number of fused-ring (bicyclic) bond motifs is 1. The van der Waals surface area contributed by atoms with Crippen molar-refractivity contribution in [3.8, 4) is 10.6 Å². The number of anilines is 1. The summed E-state index contributed by atoms with van der Waals surface area (Å²) in [5.74, 6) is -0.495. The van der Waals surface area contributed by atoms with Gasteiger partial charge in [-0.05, 0) is 31.9 Å². The summed E-state index contributed by atoms with van der Waals surface area (Å²) in [6.45, 7) is 2.20. The summed E-state index contributed by atoms with van der Waals surface area (Å²) in [5.41, 5.74) is 7.49. The Kier molecular flexibility index (Phi) is 4.21. The van der Waals surface area contributed by atoms with Gasteiger partial charge in [0.25, 0.3) is 5.91 Å². The Morgan fingerprint density at radius 1 is 1.36 bits per heavy atom. The molecule has 25 heavy (non-hydrogen) atoms. The molecule has 1 aliphatic heterocycles. The first kappa shape index (κ1) is 16.5. The largest absolute Gasteiger partial charge is 0.363 e. The molecule has 5 nitrogen and oxygen atoms in total. The lowest BCUT2D eigenvalue weighted by Crippen LogP contribution is -2.43. The zero-order valence-corrected chi connectivity index (χ0v) is 14.9. The van der Waals surface area contributed by atoms with Crippen LogP contribution in [0.2, 0.25) is 0 Å². The molecule has 4 N–H and O–H groups in total. The SMILES string of the molecule is Cc1ccc(-c2nc(NC3CCCCC3N)c(F)c3c2C(=O)NC3)s1. The highest BCUT2D eigenvalue weighted by atomic mass is 32.1. The van der Waals surface area contributed by atoms with Crippen LogP contribution in [0.25, 0.3) is 10.6 Å². The summed E-state index contributed by atoms with van der Waals surface area (Å²) in [6, 6.07) is 3.92. The number of amides is 1. The molecule has 132 valence electrons. The number of rotatable bonds is 3. The van der Waals surface area contributed by atoms with E-state index in [2.05, 4.69) is 15.6 Å². The topological polar surface area (TPSA) is 80.0 Å². The first-order valence-electron chi connectivity index (χ1n) is 8.64. The van der Waals surface area contributed by atoms with Crippen LogP contribution in [0.5, 0.6) is 0 Å². The summed E-state index contributed by atoms with van der Waals surface area (Å²) >= 11 is 1.55. The number of nitrogens with two attached hydrogens (primary N) is 1. The van der Waals surface area contributed by atoms with Gasteiger partial charge in [-0.25, -0.2) is 9.37 Å². The van der Waals surface area contributed by atoms with Crippen LogP contribution in [0.1, 0.15) is 46.5 Å². The molecule has 2 atom stereocenters. The van der Waals surface area contributed by atoms with Crippen molar-refractivity contribution in [2.24, 2.45) is 5.73 Å². The quantitative estimate of drug-likeness (QED) is 0.785. The molecule has 0 radical (unpaired) electrons. The van der Waals surface area contributed by atoms with Gasteiger partial charge >= 0.3 is 0 Å². The van der Waals surface area contributed by atoms with E-state index in [1.54, 1.807) is 11.3 Å². The average Bonchev–Trinajstić information content (AvgIpc) is 3.19. The van der Waals surface area contributed by atoms with E-state index in [1.165, 1.54) is 0 Å². The Balaban J connectivity index is 1.79. The number of hydrogen-bond acceptors (Lipinski definition) is 5. The summed E-state index contributed by atoms with van der Waals surface area (Å²) in [7, 11) is 0. The highest BCUT2D eigenvalue weighted by Crippen LogP contribution is 2.36. The van der Waals surface area contributed by atoms with Gasteiger partial charge in [0, 0.05) is 29.1 Å². The van der Waals surface area contributed by atoms with Gasteiger partial charge in [0.1, 0.15) is 0 Å². The van der Waals surface area contributed by atoms with Crippen molar-refractivity contribution in [2.75, 3.05) is 5.32 Å². The molecule has 3 heterocycles. The van der Waals surface area contributed by atoms with Crippen LogP contribution >= 0.6 is 11.3 Å². The molecule has 4 rings (SSSR count). The number of pyridine rings is 1. The zero-order chi connectivity index (χ0) is 17.6. The number of aromatic nitrogens is 1. The van der Waals surface area contributed by atoms with Gasteiger partial charge in [0.15, 0.2) is 11.6 Å². The summed E-state index contributed by atoms with van der Waals surface area (Å²) in [5, 5.41) is 5.93. The first-order valence-corrected chi connectivity index (χ1v) is 9.45. The number of nitrogens with one attached hydrogen (secondary N) is 2. The van der Waals surface area contributed by atoms with E-state index in [0.717, 1.165) is 35.4 Å². The molecule has 0 bridgehead atoms. The molecule has 1 amide bonds. The van der Waals surface area contributed by atoms with Crippen molar-refractivity contribution in [3.63, 3.8) is 0 Å². The monoisotopic (exact) mass is 360 g/mol. The Labute approximate surface area is 149 Å². The summed E-state index contributed by atoms with van der Waals surface area (Å²) in [4.78, 5) is 18.7. The number of nitrogens with zero attached hydrogens (tertiary/aromatic N) is 1. The molecule has 2 aromatic heterocycles. The normalized spacial score (nSPS) is 22.6. The number of hydrogen-bond donors (Lipinski definition) is 3. The third-order valence-electron chi connectivity index (χ3n) is 5.00. The molecule has 2 unspecified atom stereocenters. The highest BCUT2D eigenvalue weighted by molar-refractivity contribution is 7.15. The third-order valence-corrected chi connectivity index (χ3v) is 6.01. The Hall–Kier alpha value is -1.99. The zero-order valence-electron chi connectivity index (χ0n) is 14.1. The number of carbonyl (C=O) groups excluding carboxylic acids is 1. The summed E-state index contributed by atoms with van der Waals surface area (Å²) in [6.07, 6.45) is 4.03. The van der Waals surface area contributed by atoms with E-state index < -0.39 is 5.82 Å². The molecular weight excluding hydrogens is 339 g/mol. The fraction of sp³-hybridized carbons (Fsp3) is 0.444. The molecular formula is C18H21FN4OS. The lowest BCUT2D eigenvalue weighted by molar-refractivity contribution is 0.0966. The molecule has 2 aromatic rings. The summed E-state index contributed by atoms with van der Waals surface area (Å²) < 4.78 is 15.0. The minimum absolute atomic E-state index is 0.00427. The van der Waals surface area contributed by atoms with Crippen molar-refractivity contribution in [2.45, 2.75) is 51.2 Å². The number of carbonyl (C=O) groups is 1. The van der Waals surface area contributed by atoms with Crippen molar-refractivity contribution in [1.82, 2.24) is 10.3 Å². The smallest absolute Gasteiger partial charge is 0.254 e. The molecule has 0 aromatic carbocycles. The van der Waals surface area contributed by atoms with E-state index in [0.29, 0.717) is 16.8 Å². The van der Waals surface area contributed by atoms with E-state index in [9.17, 15) is 9.18 Å². The van der Waals surface area contributed by atoms with Crippen LogP contribution in [0, 0.1) is 12.7 Å². The number of aryl methyl sites for hydroxylation is 1. The minimum Gasteiger partial charge on any atom is -0.363 e. The predicted molar refractivity (Wildman–Crippen MR) is 97.3 cm³/mol. The fourth-order valence-corrected chi connectivity index (χ4v) is 4.49. The second kappa shape index (κ2) is 6.38. The van der Waals surface area contributed by atoms with Crippen molar-refractivity contribution in [3.05, 3.63) is 34.0 Å². The van der Waals surface area contributed by atoms with E-state index >= 15 is 0 Å². The van der Waals surface area contributed by atoms with Crippen LogP contribution in [-0.4, -0.2) is 23.0 Å². The van der Waals surface area contributed by atoms with Gasteiger partial charge < -0.3 is 16.4 Å². The second-order valence-corrected chi connectivity index (χ2v) is 8.06. The van der Waals surface area contributed by atoms with Crippen LogP contribution in [0.4, 0.5) is 10.2 Å². The van der Waals surface area contributed by atoms with Gasteiger partial charge in [-0.1, -0.05) is 12.8 Å². The Bertz CT molecular complexity index is 835. The third kappa shape index (κ3) is 2.91. The van der Waals surface area contributed by atoms with Crippen LogP contribution in [0.3, 0.4) is 0 Å². The number of thiophene rings is 1. The predicted octanol–water partition coefficient (Wildman–Crippen LogP) is 3.18. The average molecular weight is 360 g/mol. The molecule has 7 heteroatoms. The molecule has 1 saturated carbocycles. The van der Waals surface area contributed by atoms with Crippen molar-refractivity contribution >= 4 is 23.1 Å². The van der Waals surface area contributed by atoms with Gasteiger partial charge in [0.2, 0.25) is 0 Å². The van der Waals surface area contributed by atoms with E-state index in [4.69, 9.17) is 5.73 Å². The molecule has 1 aliphatic carbocycles. The van der Waals surface area contributed by atoms with Crippen molar-refractivity contribution < 1.29 is 9.18 Å². The van der Waals surface area contributed by atoms with Crippen LogP contribution in [-0.2, 0) is 6.54 Å². The van der Waals surface area contributed by atoms with E-state index in [1.807, 2.05) is 19.1 Å². The molecule has 1 fully saturated rings. The lowest BCUT2D eigenvalue weighted by atomic mass is 9.91. The standard InChI is InChI=1S/C18H21FN4OS/c1-9-6-7-13(25-9)16-14-10(8-21-18(14)24)15(19)17(23-16)22-12-5-3-2-4-11(12)20/h6-7,11-12H,2-5,8,20H2,1H3,(H,21,24)(H,22,23). The van der Waals surface area contributed by atoms with Gasteiger partial charge in [-0.15, -0.1) is 11.3 Å². The highest BCUT2D eigenvalue weighted by Gasteiger charge is 2.32.